The van der Waals surface area contributed by atoms with Crippen molar-refractivity contribution >= 4 is 17.3 Å². The van der Waals surface area contributed by atoms with Crippen molar-refractivity contribution in [3.05, 3.63) is 42.5 Å². The van der Waals surface area contributed by atoms with E-state index in [1.807, 2.05) is 13.0 Å². The van der Waals surface area contributed by atoms with Crippen LogP contribution < -0.4 is 15.8 Å². The van der Waals surface area contributed by atoms with Crippen LogP contribution in [0, 0.1) is 0 Å². The Kier molecular flexibility index (Phi) is 4.81. The molecule has 0 saturated carbocycles. The van der Waals surface area contributed by atoms with Gasteiger partial charge < -0.3 is 15.8 Å². The first-order valence-electron chi connectivity index (χ1n) is 5.21. The molecule has 0 spiro atoms. The Hall–Kier alpha value is -2.23. The van der Waals surface area contributed by atoms with Crippen molar-refractivity contribution in [2.75, 3.05) is 18.2 Å². The molecule has 0 aliphatic rings. The minimum Gasteiger partial charge on any atom is -0.497 e. The first-order valence-corrected chi connectivity index (χ1v) is 5.21. The summed E-state index contributed by atoms with van der Waals surface area (Å²) in [6, 6.07) is 5.10. The van der Waals surface area contributed by atoms with Crippen LogP contribution in [0.25, 0.3) is 0 Å². The second-order valence-electron chi connectivity index (χ2n) is 3.33. The second kappa shape index (κ2) is 6.37. The summed E-state index contributed by atoms with van der Waals surface area (Å²) in [6.07, 6.45) is 6.70. The Balaban J connectivity index is 2.77. The molecule has 1 amide bonds. The molecule has 4 heteroatoms. The summed E-state index contributed by atoms with van der Waals surface area (Å²) >= 11 is 0. The summed E-state index contributed by atoms with van der Waals surface area (Å²) in [5.74, 6) is 0.412. The van der Waals surface area contributed by atoms with Crippen molar-refractivity contribution < 1.29 is 9.53 Å². The maximum absolute atomic E-state index is 11.5. The summed E-state index contributed by atoms with van der Waals surface area (Å²) in [4.78, 5) is 11.5. The van der Waals surface area contributed by atoms with Crippen molar-refractivity contribution in [3.63, 3.8) is 0 Å². The molecule has 1 aromatic carbocycles. The molecular formula is C13H16N2O2. The summed E-state index contributed by atoms with van der Waals surface area (Å²) in [5.41, 5.74) is 6.78. The molecule has 0 bridgehead atoms. The van der Waals surface area contributed by atoms with Gasteiger partial charge in [0.05, 0.1) is 18.5 Å². The highest BCUT2D eigenvalue weighted by Gasteiger charge is 2.03. The predicted molar refractivity (Wildman–Crippen MR) is 70.0 cm³/mol. The number of nitrogens with two attached hydrogens (primary N) is 1. The average molecular weight is 232 g/mol. The van der Waals surface area contributed by atoms with E-state index in [-0.39, 0.29) is 5.91 Å². The second-order valence-corrected chi connectivity index (χ2v) is 3.33. The molecule has 0 heterocycles. The number of nitrogens with one attached hydrogen (secondary N) is 1. The molecule has 3 N–H and O–H groups in total. The Morgan fingerprint density at radius 3 is 2.82 bits per heavy atom. The Labute approximate surface area is 101 Å². The quantitative estimate of drug-likeness (QED) is 0.476. The number of hydrogen-bond acceptors (Lipinski definition) is 3. The first kappa shape index (κ1) is 12.8. The van der Waals surface area contributed by atoms with Gasteiger partial charge in [0.25, 0.3) is 0 Å². The van der Waals surface area contributed by atoms with Crippen molar-refractivity contribution in [1.82, 2.24) is 0 Å². The maximum Gasteiger partial charge on any atom is 0.248 e. The largest absolute Gasteiger partial charge is 0.497 e. The first-order chi connectivity index (χ1) is 8.17. The van der Waals surface area contributed by atoms with Gasteiger partial charge in [-0.2, -0.15) is 0 Å². The minimum absolute atomic E-state index is 0.233. The standard InChI is InChI=1S/C13H16N2O2/c1-3-4-5-6-13(16)15-12-9-10(17-2)7-8-11(12)14/h3-9H,14H2,1-2H3,(H,15,16). The topological polar surface area (TPSA) is 64.3 Å². The number of anilines is 2. The Morgan fingerprint density at radius 2 is 2.18 bits per heavy atom. The molecule has 4 nitrogen and oxygen atoms in total. The highest BCUT2D eigenvalue weighted by atomic mass is 16.5. The van der Waals surface area contributed by atoms with Gasteiger partial charge in [-0.1, -0.05) is 18.2 Å². The van der Waals surface area contributed by atoms with E-state index in [0.717, 1.165) is 0 Å². The zero-order valence-corrected chi connectivity index (χ0v) is 9.94. The summed E-state index contributed by atoms with van der Waals surface area (Å²) in [6.45, 7) is 1.88. The summed E-state index contributed by atoms with van der Waals surface area (Å²) < 4.78 is 5.05. The molecule has 90 valence electrons. The molecule has 0 fully saturated rings. The molecule has 0 aromatic heterocycles. The number of ether oxygens (including phenoxy) is 1. The van der Waals surface area contributed by atoms with Crippen molar-refractivity contribution in [3.8, 4) is 5.75 Å². The van der Waals surface area contributed by atoms with E-state index >= 15 is 0 Å². The zero-order chi connectivity index (χ0) is 12.7. The molecule has 0 aliphatic carbocycles. The van der Waals surface area contributed by atoms with Crippen LogP contribution in [0.15, 0.2) is 42.5 Å². The van der Waals surface area contributed by atoms with E-state index in [9.17, 15) is 4.79 Å². The van der Waals surface area contributed by atoms with Gasteiger partial charge >= 0.3 is 0 Å². The van der Waals surface area contributed by atoms with Crippen molar-refractivity contribution in [2.45, 2.75) is 6.92 Å². The van der Waals surface area contributed by atoms with Gasteiger partial charge in [-0.25, -0.2) is 0 Å². The van der Waals surface area contributed by atoms with Gasteiger partial charge in [0.15, 0.2) is 0 Å². The molecule has 1 aromatic rings. The van der Waals surface area contributed by atoms with E-state index in [0.29, 0.717) is 17.1 Å². The molecule has 0 unspecified atom stereocenters. The van der Waals surface area contributed by atoms with Gasteiger partial charge in [0, 0.05) is 12.1 Å². The van der Waals surface area contributed by atoms with E-state index in [1.165, 1.54) is 6.08 Å². The normalized spacial score (nSPS) is 10.9. The third-order valence-corrected chi connectivity index (χ3v) is 2.07. The van der Waals surface area contributed by atoms with Crippen LogP contribution in [0.1, 0.15) is 6.92 Å². The molecule has 0 saturated heterocycles. The average Bonchev–Trinajstić information content (AvgIpc) is 2.32. The fourth-order valence-corrected chi connectivity index (χ4v) is 1.20. The van der Waals surface area contributed by atoms with Crippen LogP contribution in [-0.4, -0.2) is 13.0 Å². The van der Waals surface area contributed by atoms with Crippen LogP contribution in [-0.2, 0) is 4.79 Å². The predicted octanol–water partition coefficient (Wildman–Crippen LogP) is 2.35. The number of nitrogen functional groups attached to an aromatic ring is 1. The summed E-state index contributed by atoms with van der Waals surface area (Å²) in [7, 11) is 1.56. The van der Waals surface area contributed by atoms with E-state index in [2.05, 4.69) is 5.32 Å². The van der Waals surface area contributed by atoms with Gasteiger partial charge in [-0.3, -0.25) is 4.79 Å². The zero-order valence-electron chi connectivity index (χ0n) is 9.94. The van der Waals surface area contributed by atoms with Crippen LogP contribution in [0.5, 0.6) is 5.75 Å². The van der Waals surface area contributed by atoms with Crippen LogP contribution in [0.3, 0.4) is 0 Å². The number of amides is 1. The fraction of sp³-hybridized carbons (Fsp3) is 0.154. The number of carbonyl (C=O) groups is 1. The Morgan fingerprint density at radius 1 is 1.41 bits per heavy atom. The molecule has 17 heavy (non-hydrogen) atoms. The number of hydrogen-bond donors (Lipinski definition) is 2. The number of methoxy groups -OCH3 is 1. The van der Waals surface area contributed by atoms with Gasteiger partial charge in [0.2, 0.25) is 5.91 Å². The van der Waals surface area contributed by atoms with Crippen molar-refractivity contribution in [1.29, 1.82) is 0 Å². The molecular weight excluding hydrogens is 216 g/mol. The van der Waals surface area contributed by atoms with Crippen LogP contribution in [0.2, 0.25) is 0 Å². The maximum atomic E-state index is 11.5. The lowest BCUT2D eigenvalue weighted by atomic mass is 10.2. The van der Waals surface area contributed by atoms with Crippen LogP contribution >= 0.6 is 0 Å². The van der Waals surface area contributed by atoms with E-state index < -0.39 is 0 Å². The lowest BCUT2D eigenvalue weighted by Crippen LogP contribution is -2.09. The van der Waals surface area contributed by atoms with E-state index in [1.54, 1.807) is 37.5 Å². The molecule has 1 rings (SSSR count). The number of allylic oxidation sites excluding steroid dienone is 3. The Bertz CT molecular complexity index is 451. The SMILES string of the molecule is CC=CC=CC(=O)Nc1cc(OC)ccc1N. The third kappa shape index (κ3) is 4.03. The van der Waals surface area contributed by atoms with Gasteiger partial charge in [0.1, 0.15) is 5.75 Å². The summed E-state index contributed by atoms with van der Waals surface area (Å²) in [5, 5.41) is 2.68. The van der Waals surface area contributed by atoms with Crippen molar-refractivity contribution in [2.24, 2.45) is 0 Å². The lowest BCUT2D eigenvalue weighted by molar-refractivity contribution is -0.111. The fourth-order valence-electron chi connectivity index (χ4n) is 1.20. The molecule has 0 aliphatic heterocycles. The number of benzene rings is 1. The van der Waals surface area contributed by atoms with Crippen LogP contribution in [0.4, 0.5) is 11.4 Å². The third-order valence-electron chi connectivity index (χ3n) is 2.07. The highest BCUT2D eigenvalue weighted by Crippen LogP contribution is 2.24. The lowest BCUT2D eigenvalue weighted by Gasteiger charge is -2.08. The highest BCUT2D eigenvalue weighted by molar-refractivity contribution is 6.01. The molecule has 0 atom stereocenters. The molecule has 0 radical (unpaired) electrons. The monoisotopic (exact) mass is 232 g/mol. The van der Waals surface area contributed by atoms with Gasteiger partial charge in [-0.05, 0) is 19.1 Å². The number of carbonyl (C=O) groups excluding carboxylic acids is 1. The minimum atomic E-state index is -0.233. The number of rotatable bonds is 4. The van der Waals surface area contributed by atoms with E-state index in [4.69, 9.17) is 10.5 Å². The van der Waals surface area contributed by atoms with Gasteiger partial charge in [-0.15, -0.1) is 0 Å². The smallest absolute Gasteiger partial charge is 0.248 e.